The summed E-state index contributed by atoms with van der Waals surface area (Å²) in [6.45, 7) is 2.03. The first-order valence-corrected chi connectivity index (χ1v) is 8.32. The zero-order chi connectivity index (χ0) is 17.1. The predicted molar refractivity (Wildman–Crippen MR) is 91.6 cm³/mol. The van der Waals surface area contributed by atoms with E-state index in [0.29, 0.717) is 11.4 Å². The highest BCUT2D eigenvalue weighted by Crippen LogP contribution is 2.37. The number of ether oxygens (including phenoxy) is 1. The fourth-order valence-corrected chi connectivity index (χ4v) is 2.84. The van der Waals surface area contributed by atoms with Crippen molar-refractivity contribution in [3.63, 3.8) is 0 Å². The van der Waals surface area contributed by atoms with Gasteiger partial charge in [0.15, 0.2) is 0 Å². The highest BCUT2D eigenvalue weighted by molar-refractivity contribution is 6.30. The lowest BCUT2D eigenvalue weighted by Crippen LogP contribution is -2.37. The maximum absolute atomic E-state index is 13.6. The number of rotatable bonds is 5. The molecule has 1 saturated carbocycles. The second-order valence-corrected chi connectivity index (χ2v) is 6.43. The number of alkyl halides is 1. The molecule has 0 radical (unpaired) electrons. The highest BCUT2D eigenvalue weighted by atomic mass is 35.5. The van der Waals surface area contributed by atoms with E-state index in [4.69, 9.17) is 16.3 Å². The normalized spacial score (nSPS) is 20.3. The van der Waals surface area contributed by atoms with Gasteiger partial charge >= 0.3 is 6.09 Å². The first-order valence-electron chi connectivity index (χ1n) is 7.95. The van der Waals surface area contributed by atoms with E-state index in [2.05, 4.69) is 0 Å². The molecule has 0 saturated heterocycles. The van der Waals surface area contributed by atoms with E-state index in [1.165, 1.54) is 4.90 Å². The molecule has 5 heteroatoms. The maximum Gasteiger partial charge on any atom is 0.410 e. The van der Waals surface area contributed by atoms with E-state index in [0.717, 1.165) is 11.1 Å². The van der Waals surface area contributed by atoms with Crippen LogP contribution in [0.15, 0.2) is 54.6 Å². The smallest absolute Gasteiger partial charge is 0.410 e. The van der Waals surface area contributed by atoms with Crippen molar-refractivity contribution in [2.75, 3.05) is 0 Å². The number of nitrogens with zero attached hydrogens (tertiary/aromatic N) is 1. The second kappa shape index (κ2) is 7.22. The Morgan fingerprint density at radius 2 is 1.88 bits per heavy atom. The minimum absolute atomic E-state index is 0.137. The molecule has 0 spiro atoms. The quantitative estimate of drug-likeness (QED) is 0.748. The average molecular weight is 348 g/mol. The SMILES string of the molecule is C[C@@H](c1ccccc1)N(C(=O)OCc1ccc(Cl)cc1)[C@@H]1C[C@H]1F. The Labute approximate surface area is 146 Å². The number of hydrogen-bond donors (Lipinski definition) is 0. The van der Waals surface area contributed by atoms with Crippen LogP contribution in [0, 0.1) is 0 Å². The van der Waals surface area contributed by atoms with E-state index in [9.17, 15) is 9.18 Å². The van der Waals surface area contributed by atoms with Crippen LogP contribution < -0.4 is 0 Å². The molecule has 3 nitrogen and oxygen atoms in total. The van der Waals surface area contributed by atoms with E-state index < -0.39 is 18.3 Å². The summed E-state index contributed by atoms with van der Waals surface area (Å²) in [6.07, 6.45) is -1.10. The van der Waals surface area contributed by atoms with Crippen LogP contribution in [-0.4, -0.2) is 23.2 Å². The Morgan fingerprint density at radius 3 is 2.46 bits per heavy atom. The lowest BCUT2D eigenvalue weighted by molar-refractivity contribution is 0.0761. The number of hydrogen-bond acceptors (Lipinski definition) is 2. The minimum Gasteiger partial charge on any atom is -0.445 e. The van der Waals surface area contributed by atoms with E-state index in [1.807, 2.05) is 37.3 Å². The number of halogens is 2. The van der Waals surface area contributed by atoms with Gasteiger partial charge in [0.1, 0.15) is 12.8 Å². The van der Waals surface area contributed by atoms with Gasteiger partial charge in [-0.1, -0.05) is 54.1 Å². The van der Waals surface area contributed by atoms with Gasteiger partial charge in [-0.05, 0) is 30.2 Å². The number of amides is 1. The van der Waals surface area contributed by atoms with Gasteiger partial charge in [-0.15, -0.1) is 0 Å². The molecule has 0 N–H and O–H groups in total. The lowest BCUT2D eigenvalue weighted by atomic mass is 10.1. The van der Waals surface area contributed by atoms with Crippen molar-refractivity contribution in [2.24, 2.45) is 0 Å². The molecule has 24 heavy (non-hydrogen) atoms. The monoisotopic (exact) mass is 347 g/mol. The van der Waals surface area contributed by atoms with Crippen molar-refractivity contribution >= 4 is 17.7 Å². The molecule has 1 fully saturated rings. The van der Waals surface area contributed by atoms with Crippen molar-refractivity contribution in [1.82, 2.24) is 4.90 Å². The van der Waals surface area contributed by atoms with E-state index in [1.54, 1.807) is 24.3 Å². The molecule has 1 aliphatic rings. The van der Waals surface area contributed by atoms with Crippen LogP contribution in [0.5, 0.6) is 0 Å². The summed E-state index contributed by atoms with van der Waals surface area (Å²) < 4.78 is 19.0. The van der Waals surface area contributed by atoms with Crippen LogP contribution in [0.2, 0.25) is 5.02 Å². The fourth-order valence-electron chi connectivity index (χ4n) is 2.71. The Kier molecular flexibility index (Phi) is 5.05. The van der Waals surface area contributed by atoms with Gasteiger partial charge in [0.25, 0.3) is 0 Å². The third kappa shape index (κ3) is 3.88. The molecule has 0 bridgehead atoms. The largest absolute Gasteiger partial charge is 0.445 e. The van der Waals surface area contributed by atoms with Gasteiger partial charge in [0, 0.05) is 11.4 Å². The zero-order valence-electron chi connectivity index (χ0n) is 13.4. The summed E-state index contributed by atoms with van der Waals surface area (Å²) in [4.78, 5) is 14.0. The van der Waals surface area contributed by atoms with Crippen molar-refractivity contribution in [3.05, 3.63) is 70.7 Å². The Hall–Kier alpha value is -2.07. The molecule has 1 aliphatic carbocycles. The fraction of sp³-hybridized carbons (Fsp3) is 0.316. The molecule has 1 amide bonds. The first kappa shape index (κ1) is 16.8. The molecule has 2 aromatic rings. The topological polar surface area (TPSA) is 29.5 Å². The molecule has 3 rings (SSSR count). The van der Waals surface area contributed by atoms with Gasteiger partial charge in [-0.25, -0.2) is 9.18 Å². The molecular formula is C19H19ClFNO2. The molecule has 2 aromatic carbocycles. The van der Waals surface area contributed by atoms with Gasteiger partial charge in [-0.2, -0.15) is 0 Å². The predicted octanol–water partition coefficient (Wildman–Crippen LogP) is 5.15. The highest BCUT2D eigenvalue weighted by Gasteiger charge is 2.47. The maximum atomic E-state index is 13.6. The van der Waals surface area contributed by atoms with Crippen LogP contribution in [0.1, 0.15) is 30.5 Å². The molecule has 0 aromatic heterocycles. The average Bonchev–Trinajstić information content (AvgIpc) is 3.31. The standard InChI is InChI=1S/C19H19ClFNO2/c1-13(15-5-3-2-4-6-15)22(18-11-17(18)21)19(23)24-12-14-7-9-16(20)10-8-14/h2-10,13,17-18H,11-12H2,1H3/t13-,17+,18+/m0/s1. The molecule has 126 valence electrons. The Morgan fingerprint density at radius 1 is 1.25 bits per heavy atom. The number of benzene rings is 2. The number of carbonyl (C=O) groups is 1. The first-order chi connectivity index (χ1) is 11.6. The van der Waals surface area contributed by atoms with E-state index in [-0.39, 0.29) is 12.6 Å². The van der Waals surface area contributed by atoms with Gasteiger partial charge in [-0.3, -0.25) is 4.90 Å². The summed E-state index contributed by atoms with van der Waals surface area (Å²) in [5, 5.41) is 0.627. The van der Waals surface area contributed by atoms with Crippen molar-refractivity contribution in [3.8, 4) is 0 Å². The molecule has 3 atom stereocenters. The lowest BCUT2D eigenvalue weighted by Gasteiger charge is -2.28. The summed E-state index contributed by atoms with van der Waals surface area (Å²) in [5.74, 6) is 0. The van der Waals surface area contributed by atoms with Crippen molar-refractivity contribution in [2.45, 2.75) is 38.2 Å². The van der Waals surface area contributed by atoms with E-state index >= 15 is 0 Å². The molecule has 0 unspecified atom stereocenters. The van der Waals surface area contributed by atoms with Gasteiger partial charge in [0.05, 0.1) is 12.1 Å². The van der Waals surface area contributed by atoms with Crippen LogP contribution in [0.4, 0.5) is 9.18 Å². The van der Waals surface area contributed by atoms with Crippen LogP contribution >= 0.6 is 11.6 Å². The van der Waals surface area contributed by atoms with Gasteiger partial charge < -0.3 is 4.74 Å². The van der Waals surface area contributed by atoms with Crippen LogP contribution in [0.25, 0.3) is 0 Å². The van der Waals surface area contributed by atoms with Crippen LogP contribution in [0.3, 0.4) is 0 Å². The zero-order valence-corrected chi connectivity index (χ0v) is 14.1. The summed E-state index contributed by atoms with van der Waals surface area (Å²) in [5.41, 5.74) is 1.80. The minimum atomic E-state index is -0.973. The van der Waals surface area contributed by atoms with Crippen molar-refractivity contribution in [1.29, 1.82) is 0 Å². The summed E-state index contributed by atoms with van der Waals surface area (Å²) in [7, 11) is 0. The van der Waals surface area contributed by atoms with Crippen molar-refractivity contribution < 1.29 is 13.9 Å². The Balaban J connectivity index is 1.69. The molecular weight excluding hydrogens is 329 g/mol. The second-order valence-electron chi connectivity index (χ2n) is 5.99. The van der Waals surface area contributed by atoms with Crippen LogP contribution in [-0.2, 0) is 11.3 Å². The molecule has 0 heterocycles. The third-order valence-corrected chi connectivity index (χ3v) is 4.48. The molecule has 0 aliphatic heterocycles. The summed E-state index contributed by atoms with van der Waals surface area (Å²) in [6, 6.07) is 16.0. The summed E-state index contributed by atoms with van der Waals surface area (Å²) >= 11 is 5.84. The van der Waals surface area contributed by atoms with Gasteiger partial charge in [0.2, 0.25) is 0 Å². The third-order valence-electron chi connectivity index (χ3n) is 4.22. The number of carbonyl (C=O) groups excluding carboxylic acids is 1. The Bertz CT molecular complexity index is 692.